The maximum atomic E-state index is 13.2. The van der Waals surface area contributed by atoms with Gasteiger partial charge in [0.25, 0.3) is 5.91 Å². The molecule has 5 nitrogen and oxygen atoms in total. The molecule has 0 spiro atoms. The van der Waals surface area contributed by atoms with E-state index in [4.69, 9.17) is 0 Å². The lowest BCUT2D eigenvalue weighted by Gasteiger charge is -2.25. The molecule has 2 aromatic carbocycles. The second kappa shape index (κ2) is 8.63. The molecule has 0 saturated carbocycles. The van der Waals surface area contributed by atoms with Gasteiger partial charge < -0.3 is 15.5 Å². The van der Waals surface area contributed by atoms with Gasteiger partial charge in [0.1, 0.15) is 6.04 Å². The van der Waals surface area contributed by atoms with E-state index in [-0.39, 0.29) is 11.8 Å². The highest BCUT2D eigenvalue weighted by Gasteiger charge is 2.32. The Morgan fingerprint density at radius 2 is 1.73 bits per heavy atom. The normalized spacial score (nSPS) is 17.7. The first-order valence-electron chi connectivity index (χ1n) is 9.03. The molecule has 0 radical (unpaired) electrons. The highest BCUT2D eigenvalue weighted by molar-refractivity contribution is 5.97. The zero-order valence-corrected chi connectivity index (χ0v) is 15.0. The molecular formula is C21H25N3O2. The molecule has 2 N–H and O–H groups in total. The van der Waals surface area contributed by atoms with Crippen molar-refractivity contribution in [2.75, 3.05) is 26.7 Å². The molecule has 1 saturated heterocycles. The van der Waals surface area contributed by atoms with E-state index in [1.54, 1.807) is 12.1 Å². The van der Waals surface area contributed by atoms with Gasteiger partial charge in [-0.25, -0.2) is 0 Å². The van der Waals surface area contributed by atoms with Gasteiger partial charge in [0.15, 0.2) is 0 Å². The summed E-state index contributed by atoms with van der Waals surface area (Å²) in [4.78, 5) is 27.6. The van der Waals surface area contributed by atoms with Crippen LogP contribution in [-0.4, -0.2) is 43.4 Å². The van der Waals surface area contributed by atoms with Crippen molar-refractivity contribution >= 4 is 11.8 Å². The predicted molar refractivity (Wildman–Crippen MR) is 102 cm³/mol. The molecule has 3 rings (SSSR count). The third-order valence-electron chi connectivity index (χ3n) is 4.78. The number of hydrogen-bond donors (Lipinski definition) is 2. The van der Waals surface area contributed by atoms with Crippen molar-refractivity contribution in [3.63, 3.8) is 0 Å². The molecule has 2 atom stereocenters. The molecule has 0 bridgehead atoms. The minimum atomic E-state index is -0.669. The van der Waals surface area contributed by atoms with Crippen LogP contribution in [0, 0.1) is 5.92 Å². The molecule has 2 aromatic rings. The van der Waals surface area contributed by atoms with Gasteiger partial charge in [0, 0.05) is 18.7 Å². The lowest BCUT2D eigenvalue weighted by molar-refractivity contribution is -0.132. The summed E-state index contributed by atoms with van der Waals surface area (Å²) in [6.45, 7) is 2.36. The number of nitrogens with zero attached hydrogens (tertiary/aromatic N) is 1. The van der Waals surface area contributed by atoms with E-state index in [1.807, 2.05) is 60.5 Å². The largest absolute Gasteiger partial charge is 0.340 e. The first kappa shape index (κ1) is 18.1. The third-order valence-corrected chi connectivity index (χ3v) is 4.78. The minimum absolute atomic E-state index is 0.0425. The number of likely N-dealkylation sites (tertiary alicyclic amines) is 1. The van der Waals surface area contributed by atoms with Crippen LogP contribution in [0.4, 0.5) is 0 Å². The number of carbonyl (C=O) groups is 2. The fourth-order valence-corrected chi connectivity index (χ4v) is 3.41. The Labute approximate surface area is 154 Å². The first-order valence-corrected chi connectivity index (χ1v) is 9.03. The zero-order chi connectivity index (χ0) is 18.4. The summed E-state index contributed by atoms with van der Waals surface area (Å²) < 4.78 is 0. The maximum absolute atomic E-state index is 13.2. The summed E-state index contributed by atoms with van der Waals surface area (Å²) in [5.41, 5.74) is 1.36. The summed E-state index contributed by atoms with van der Waals surface area (Å²) in [5.74, 6) is 0.183. The number of rotatable bonds is 6. The smallest absolute Gasteiger partial charge is 0.252 e. The van der Waals surface area contributed by atoms with Gasteiger partial charge in [0.2, 0.25) is 5.91 Å². The van der Waals surface area contributed by atoms with Gasteiger partial charge >= 0.3 is 0 Å². The molecule has 1 heterocycles. The standard InChI is InChI=1S/C21H25N3O2/c1-22-14-16-12-13-24(15-16)21(26)19(17-8-4-2-5-9-17)23-20(25)18-10-6-3-7-11-18/h2-11,16,19,22H,12-15H2,1H3,(H,23,25). The summed E-state index contributed by atoms with van der Waals surface area (Å²) >= 11 is 0. The fraction of sp³-hybridized carbons (Fsp3) is 0.333. The van der Waals surface area contributed by atoms with E-state index < -0.39 is 6.04 Å². The van der Waals surface area contributed by atoms with Crippen molar-refractivity contribution in [1.29, 1.82) is 0 Å². The van der Waals surface area contributed by atoms with Gasteiger partial charge in [-0.15, -0.1) is 0 Å². The van der Waals surface area contributed by atoms with E-state index in [0.717, 1.165) is 31.6 Å². The second-order valence-electron chi connectivity index (χ2n) is 6.68. The molecule has 2 amide bonds. The lowest BCUT2D eigenvalue weighted by Crippen LogP contribution is -2.42. The molecule has 1 aliphatic heterocycles. The van der Waals surface area contributed by atoms with Crippen LogP contribution in [-0.2, 0) is 4.79 Å². The Balaban J connectivity index is 1.78. The number of hydrogen-bond acceptors (Lipinski definition) is 3. The average molecular weight is 351 g/mol. The van der Waals surface area contributed by atoms with Crippen LogP contribution in [0.1, 0.15) is 28.4 Å². The summed E-state index contributed by atoms with van der Waals surface area (Å²) in [5, 5.41) is 6.10. The molecule has 0 aromatic heterocycles. The Morgan fingerprint density at radius 3 is 2.38 bits per heavy atom. The molecule has 0 aliphatic carbocycles. The van der Waals surface area contributed by atoms with E-state index in [1.165, 1.54) is 0 Å². The average Bonchev–Trinajstić information content (AvgIpc) is 3.16. The lowest BCUT2D eigenvalue weighted by atomic mass is 10.0. The fourth-order valence-electron chi connectivity index (χ4n) is 3.41. The monoisotopic (exact) mass is 351 g/mol. The van der Waals surface area contributed by atoms with Gasteiger partial charge in [-0.2, -0.15) is 0 Å². The van der Waals surface area contributed by atoms with Crippen molar-refractivity contribution < 1.29 is 9.59 Å². The highest BCUT2D eigenvalue weighted by Crippen LogP contribution is 2.22. The van der Waals surface area contributed by atoms with Crippen molar-refractivity contribution in [2.24, 2.45) is 5.92 Å². The summed E-state index contributed by atoms with van der Waals surface area (Å²) in [6, 6.07) is 17.8. The van der Waals surface area contributed by atoms with Crippen molar-refractivity contribution in [3.05, 3.63) is 71.8 Å². The van der Waals surface area contributed by atoms with Crippen LogP contribution in [0.25, 0.3) is 0 Å². The van der Waals surface area contributed by atoms with E-state index >= 15 is 0 Å². The number of nitrogens with one attached hydrogen (secondary N) is 2. The maximum Gasteiger partial charge on any atom is 0.252 e. The van der Waals surface area contributed by atoms with Crippen LogP contribution < -0.4 is 10.6 Å². The quantitative estimate of drug-likeness (QED) is 0.839. The molecule has 2 unspecified atom stereocenters. The van der Waals surface area contributed by atoms with E-state index in [0.29, 0.717) is 11.5 Å². The molecule has 136 valence electrons. The highest BCUT2D eigenvalue weighted by atomic mass is 16.2. The van der Waals surface area contributed by atoms with Crippen LogP contribution in [0.15, 0.2) is 60.7 Å². The number of benzene rings is 2. The second-order valence-corrected chi connectivity index (χ2v) is 6.68. The summed E-state index contributed by atoms with van der Waals surface area (Å²) in [7, 11) is 1.93. The van der Waals surface area contributed by atoms with E-state index in [2.05, 4.69) is 10.6 Å². The third kappa shape index (κ3) is 4.29. The van der Waals surface area contributed by atoms with Crippen molar-refractivity contribution in [1.82, 2.24) is 15.5 Å². The van der Waals surface area contributed by atoms with Crippen LogP contribution >= 0.6 is 0 Å². The van der Waals surface area contributed by atoms with Crippen LogP contribution in [0.2, 0.25) is 0 Å². The number of amides is 2. The predicted octanol–water partition coefficient (Wildman–Crippen LogP) is 2.23. The van der Waals surface area contributed by atoms with E-state index in [9.17, 15) is 9.59 Å². The molecule has 1 aliphatic rings. The summed E-state index contributed by atoms with van der Waals surface area (Å²) in [6.07, 6.45) is 0.987. The minimum Gasteiger partial charge on any atom is -0.340 e. The zero-order valence-electron chi connectivity index (χ0n) is 15.0. The van der Waals surface area contributed by atoms with Gasteiger partial charge in [-0.1, -0.05) is 48.5 Å². The van der Waals surface area contributed by atoms with Gasteiger partial charge in [-0.05, 0) is 43.6 Å². The van der Waals surface area contributed by atoms with Crippen LogP contribution in [0.3, 0.4) is 0 Å². The Kier molecular flexibility index (Phi) is 6.02. The van der Waals surface area contributed by atoms with Crippen LogP contribution in [0.5, 0.6) is 0 Å². The Morgan fingerprint density at radius 1 is 1.08 bits per heavy atom. The van der Waals surface area contributed by atoms with Gasteiger partial charge in [0.05, 0.1) is 0 Å². The van der Waals surface area contributed by atoms with Gasteiger partial charge in [-0.3, -0.25) is 9.59 Å². The number of carbonyl (C=O) groups excluding carboxylic acids is 2. The molecular weight excluding hydrogens is 326 g/mol. The Hall–Kier alpha value is -2.66. The SMILES string of the molecule is CNCC1CCN(C(=O)C(NC(=O)c2ccccc2)c2ccccc2)C1. The van der Waals surface area contributed by atoms with Crippen molar-refractivity contribution in [3.8, 4) is 0 Å². The van der Waals surface area contributed by atoms with Crippen molar-refractivity contribution in [2.45, 2.75) is 12.5 Å². The topological polar surface area (TPSA) is 61.4 Å². The molecule has 5 heteroatoms. The first-order chi connectivity index (χ1) is 12.7. The molecule has 26 heavy (non-hydrogen) atoms. The Bertz CT molecular complexity index is 733. The molecule has 1 fully saturated rings.